The Morgan fingerprint density at radius 1 is 1.30 bits per heavy atom. The summed E-state index contributed by atoms with van der Waals surface area (Å²) in [6, 6.07) is 4.04. The average molecular weight is 300 g/mol. The Morgan fingerprint density at radius 3 is 2.65 bits per heavy atom. The molecule has 0 N–H and O–H groups in total. The standard InChI is InChI=1S/C13H15ClFN3O2/c1-3-19-13(20-4-2)11-8-18(17-16-11)12-7-9(15)5-6-10(12)14/h5-8,13H,3-4H2,1-2H3. The molecule has 2 aromatic rings. The second kappa shape index (κ2) is 6.78. The van der Waals surface area contributed by atoms with Gasteiger partial charge in [-0.1, -0.05) is 16.8 Å². The Labute approximate surface area is 121 Å². The van der Waals surface area contributed by atoms with Crippen molar-refractivity contribution in [3.63, 3.8) is 0 Å². The van der Waals surface area contributed by atoms with Gasteiger partial charge in [0.25, 0.3) is 0 Å². The number of aromatic nitrogens is 3. The summed E-state index contributed by atoms with van der Waals surface area (Å²) in [6.07, 6.45) is 1.02. The zero-order valence-electron chi connectivity index (χ0n) is 11.2. The Kier molecular flexibility index (Phi) is 5.05. The van der Waals surface area contributed by atoms with E-state index in [1.807, 2.05) is 13.8 Å². The van der Waals surface area contributed by atoms with Gasteiger partial charge in [-0.2, -0.15) is 0 Å². The summed E-state index contributed by atoms with van der Waals surface area (Å²) in [7, 11) is 0. The first-order valence-corrected chi connectivity index (χ1v) is 6.64. The lowest BCUT2D eigenvalue weighted by atomic mass is 10.3. The summed E-state index contributed by atoms with van der Waals surface area (Å²) in [4.78, 5) is 0. The van der Waals surface area contributed by atoms with Gasteiger partial charge in [0.1, 0.15) is 11.5 Å². The average Bonchev–Trinajstić information content (AvgIpc) is 2.91. The summed E-state index contributed by atoms with van der Waals surface area (Å²) in [5, 5.41) is 8.29. The van der Waals surface area contributed by atoms with Crippen molar-refractivity contribution in [2.75, 3.05) is 13.2 Å². The number of halogens is 2. The van der Waals surface area contributed by atoms with Crippen LogP contribution in [0.4, 0.5) is 4.39 Å². The monoisotopic (exact) mass is 299 g/mol. The Hall–Kier alpha value is -1.50. The second-order valence-electron chi connectivity index (χ2n) is 3.93. The van der Waals surface area contributed by atoms with Crippen LogP contribution >= 0.6 is 11.6 Å². The minimum atomic E-state index is -0.592. The van der Waals surface area contributed by atoms with Gasteiger partial charge >= 0.3 is 0 Å². The highest BCUT2D eigenvalue weighted by molar-refractivity contribution is 6.32. The van der Waals surface area contributed by atoms with Gasteiger partial charge in [0.05, 0.1) is 16.9 Å². The second-order valence-corrected chi connectivity index (χ2v) is 4.33. The summed E-state index contributed by atoms with van der Waals surface area (Å²) >= 11 is 6.02. The third-order valence-corrected chi connectivity index (χ3v) is 2.86. The normalized spacial score (nSPS) is 11.2. The van der Waals surface area contributed by atoms with Crippen LogP contribution in [0.15, 0.2) is 24.4 Å². The number of ether oxygens (including phenoxy) is 2. The largest absolute Gasteiger partial charge is 0.347 e. The molecular formula is C13H15ClFN3O2. The van der Waals surface area contributed by atoms with Crippen molar-refractivity contribution in [2.45, 2.75) is 20.1 Å². The summed E-state index contributed by atoms with van der Waals surface area (Å²) in [5.74, 6) is -0.396. The zero-order chi connectivity index (χ0) is 14.5. The Morgan fingerprint density at radius 2 is 2.00 bits per heavy atom. The lowest BCUT2D eigenvalue weighted by Gasteiger charge is -2.13. The molecule has 0 spiro atoms. The van der Waals surface area contributed by atoms with Gasteiger partial charge in [0.2, 0.25) is 6.29 Å². The Balaban J connectivity index is 2.29. The van der Waals surface area contributed by atoms with Crippen LogP contribution in [0.5, 0.6) is 0 Å². The molecule has 20 heavy (non-hydrogen) atoms. The first-order chi connectivity index (χ1) is 9.65. The maximum atomic E-state index is 13.3. The molecule has 0 saturated carbocycles. The fourth-order valence-electron chi connectivity index (χ4n) is 1.69. The molecule has 1 heterocycles. The molecular weight excluding hydrogens is 285 g/mol. The molecule has 0 bridgehead atoms. The van der Waals surface area contributed by atoms with Crippen LogP contribution in [0.2, 0.25) is 5.02 Å². The maximum Gasteiger partial charge on any atom is 0.204 e. The van der Waals surface area contributed by atoms with E-state index in [4.69, 9.17) is 21.1 Å². The molecule has 0 aliphatic heterocycles. The lowest BCUT2D eigenvalue weighted by Crippen LogP contribution is -2.09. The number of hydrogen-bond donors (Lipinski definition) is 0. The molecule has 0 saturated heterocycles. The molecule has 0 aliphatic carbocycles. The fourth-order valence-corrected chi connectivity index (χ4v) is 1.89. The van der Waals surface area contributed by atoms with Crippen molar-refractivity contribution < 1.29 is 13.9 Å². The smallest absolute Gasteiger partial charge is 0.204 e. The van der Waals surface area contributed by atoms with Gasteiger partial charge < -0.3 is 9.47 Å². The predicted molar refractivity (Wildman–Crippen MR) is 72.3 cm³/mol. The van der Waals surface area contributed by atoms with E-state index in [0.717, 1.165) is 0 Å². The number of hydrogen-bond acceptors (Lipinski definition) is 4. The van der Waals surface area contributed by atoms with Gasteiger partial charge in [-0.3, -0.25) is 0 Å². The predicted octanol–water partition coefficient (Wildman–Crippen LogP) is 3.13. The highest BCUT2D eigenvalue weighted by Crippen LogP contribution is 2.23. The molecule has 0 unspecified atom stereocenters. The minimum Gasteiger partial charge on any atom is -0.347 e. The molecule has 0 fully saturated rings. The van der Waals surface area contributed by atoms with Crippen molar-refractivity contribution in [2.24, 2.45) is 0 Å². The topological polar surface area (TPSA) is 49.2 Å². The molecule has 7 heteroatoms. The van der Waals surface area contributed by atoms with Gasteiger partial charge in [-0.05, 0) is 26.0 Å². The SMILES string of the molecule is CCOC(OCC)c1cn(-c2cc(F)ccc2Cl)nn1. The van der Waals surface area contributed by atoms with E-state index >= 15 is 0 Å². The lowest BCUT2D eigenvalue weighted by molar-refractivity contribution is -0.142. The highest BCUT2D eigenvalue weighted by Gasteiger charge is 2.17. The van der Waals surface area contributed by atoms with Crippen molar-refractivity contribution in [1.29, 1.82) is 0 Å². The zero-order valence-corrected chi connectivity index (χ0v) is 12.0. The molecule has 2 rings (SSSR count). The van der Waals surface area contributed by atoms with E-state index in [-0.39, 0.29) is 0 Å². The molecule has 1 aromatic carbocycles. The van der Waals surface area contributed by atoms with Crippen LogP contribution in [0, 0.1) is 5.82 Å². The summed E-state index contributed by atoms with van der Waals surface area (Å²) in [5.41, 5.74) is 0.922. The van der Waals surface area contributed by atoms with Gasteiger partial charge in [0.15, 0.2) is 0 Å². The van der Waals surface area contributed by atoms with Crippen molar-refractivity contribution >= 4 is 11.6 Å². The van der Waals surface area contributed by atoms with Crippen molar-refractivity contribution in [3.8, 4) is 5.69 Å². The molecule has 0 amide bonds. The number of benzene rings is 1. The van der Waals surface area contributed by atoms with Crippen molar-refractivity contribution in [1.82, 2.24) is 15.0 Å². The number of nitrogens with zero attached hydrogens (tertiary/aromatic N) is 3. The van der Waals surface area contributed by atoms with E-state index in [0.29, 0.717) is 29.6 Å². The van der Waals surface area contributed by atoms with Crippen LogP contribution < -0.4 is 0 Å². The maximum absolute atomic E-state index is 13.3. The molecule has 108 valence electrons. The quantitative estimate of drug-likeness (QED) is 0.769. The highest BCUT2D eigenvalue weighted by atomic mass is 35.5. The Bertz CT molecular complexity index is 570. The molecule has 1 aromatic heterocycles. The first kappa shape index (κ1) is 14.9. The third-order valence-electron chi connectivity index (χ3n) is 2.54. The summed E-state index contributed by atoms with van der Waals surface area (Å²) in [6.45, 7) is 4.69. The first-order valence-electron chi connectivity index (χ1n) is 6.26. The van der Waals surface area contributed by atoms with Crippen LogP contribution in [0.1, 0.15) is 25.8 Å². The van der Waals surface area contributed by atoms with Crippen LogP contribution in [-0.2, 0) is 9.47 Å². The van der Waals surface area contributed by atoms with E-state index in [9.17, 15) is 4.39 Å². The molecule has 0 radical (unpaired) electrons. The number of rotatable bonds is 6. The van der Waals surface area contributed by atoms with Crippen LogP contribution in [0.25, 0.3) is 5.69 Å². The summed E-state index contributed by atoms with van der Waals surface area (Å²) < 4.78 is 25.5. The fraction of sp³-hybridized carbons (Fsp3) is 0.385. The van der Waals surface area contributed by atoms with Crippen LogP contribution in [0.3, 0.4) is 0 Å². The van der Waals surface area contributed by atoms with Gasteiger partial charge in [-0.15, -0.1) is 5.10 Å². The molecule has 0 aliphatic rings. The van der Waals surface area contributed by atoms with Gasteiger partial charge in [-0.25, -0.2) is 9.07 Å². The van der Waals surface area contributed by atoms with Crippen molar-refractivity contribution in [3.05, 3.63) is 40.9 Å². The van der Waals surface area contributed by atoms with E-state index in [2.05, 4.69) is 10.3 Å². The van der Waals surface area contributed by atoms with E-state index in [1.165, 1.54) is 22.9 Å². The van der Waals surface area contributed by atoms with Gasteiger partial charge in [0, 0.05) is 19.3 Å². The van der Waals surface area contributed by atoms with E-state index < -0.39 is 12.1 Å². The molecule has 0 atom stereocenters. The van der Waals surface area contributed by atoms with E-state index in [1.54, 1.807) is 6.20 Å². The van der Waals surface area contributed by atoms with Crippen LogP contribution in [-0.4, -0.2) is 28.2 Å². The molecule has 5 nitrogen and oxygen atoms in total. The minimum absolute atomic E-state index is 0.382. The third kappa shape index (κ3) is 3.33.